The number of carbonyl (C=O) groups excluding carboxylic acids is 2. The molecule has 5 nitrogen and oxygen atoms in total. The lowest BCUT2D eigenvalue weighted by Crippen LogP contribution is -2.38. The Morgan fingerprint density at radius 1 is 1.33 bits per heavy atom. The number of likely N-dealkylation sites (tertiary alicyclic amines) is 1. The summed E-state index contributed by atoms with van der Waals surface area (Å²) in [5.41, 5.74) is 2.47. The average Bonchev–Trinajstić information content (AvgIpc) is 3.12. The van der Waals surface area contributed by atoms with Crippen molar-refractivity contribution >= 4 is 17.5 Å². The van der Waals surface area contributed by atoms with E-state index in [4.69, 9.17) is 0 Å². The SMILES string of the molecule is CC1C2CNCC2CN1C(=O)c1ccc2c(c1)CC(=O)N2. The third kappa shape index (κ3) is 1.95. The van der Waals surface area contributed by atoms with Crippen LogP contribution in [0.25, 0.3) is 0 Å². The van der Waals surface area contributed by atoms with Crippen molar-refractivity contribution in [3.8, 4) is 0 Å². The monoisotopic (exact) mass is 285 g/mol. The minimum atomic E-state index is 0.00439. The molecule has 1 aromatic carbocycles. The lowest BCUT2D eigenvalue weighted by atomic mass is 9.95. The van der Waals surface area contributed by atoms with Gasteiger partial charge in [0.2, 0.25) is 5.91 Å². The van der Waals surface area contributed by atoms with E-state index in [1.807, 2.05) is 23.1 Å². The molecule has 2 fully saturated rings. The van der Waals surface area contributed by atoms with Crippen LogP contribution in [-0.4, -0.2) is 42.4 Å². The quantitative estimate of drug-likeness (QED) is 0.804. The number of nitrogens with zero attached hydrogens (tertiary/aromatic N) is 1. The van der Waals surface area contributed by atoms with Gasteiger partial charge in [0.1, 0.15) is 0 Å². The molecule has 2 N–H and O–H groups in total. The van der Waals surface area contributed by atoms with Crippen LogP contribution in [0, 0.1) is 11.8 Å². The Bertz CT molecular complexity index is 628. The van der Waals surface area contributed by atoms with Gasteiger partial charge in [-0.25, -0.2) is 0 Å². The summed E-state index contributed by atoms with van der Waals surface area (Å²) in [5, 5.41) is 6.21. The standard InChI is InChI=1S/C16H19N3O2/c1-9-13-7-17-6-12(13)8-19(9)16(21)10-2-3-14-11(4-10)5-15(20)18-14/h2-4,9,12-13,17H,5-8H2,1H3,(H,18,20). The number of carbonyl (C=O) groups is 2. The van der Waals surface area contributed by atoms with Crippen LogP contribution in [0.5, 0.6) is 0 Å². The summed E-state index contributed by atoms with van der Waals surface area (Å²) >= 11 is 0. The van der Waals surface area contributed by atoms with Gasteiger partial charge in [-0.3, -0.25) is 9.59 Å². The summed E-state index contributed by atoms with van der Waals surface area (Å²) in [6.07, 6.45) is 0.376. The van der Waals surface area contributed by atoms with Gasteiger partial charge >= 0.3 is 0 Å². The van der Waals surface area contributed by atoms with Gasteiger partial charge in [-0.1, -0.05) is 0 Å². The highest BCUT2D eigenvalue weighted by molar-refractivity contribution is 6.01. The molecule has 3 aliphatic heterocycles. The highest BCUT2D eigenvalue weighted by Crippen LogP contribution is 2.34. The van der Waals surface area contributed by atoms with Crippen molar-refractivity contribution < 1.29 is 9.59 Å². The zero-order valence-corrected chi connectivity index (χ0v) is 12.1. The molecule has 21 heavy (non-hydrogen) atoms. The topological polar surface area (TPSA) is 61.4 Å². The van der Waals surface area contributed by atoms with Crippen molar-refractivity contribution in [3.63, 3.8) is 0 Å². The van der Waals surface area contributed by atoms with E-state index in [1.165, 1.54) is 0 Å². The lowest BCUT2D eigenvalue weighted by Gasteiger charge is -2.24. The van der Waals surface area contributed by atoms with Crippen molar-refractivity contribution in [3.05, 3.63) is 29.3 Å². The number of amides is 2. The molecule has 0 aromatic heterocycles. The Morgan fingerprint density at radius 3 is 3.00 bits per heavy atom. The van der Waals surface area contributed by atoms with E-state index >= 15 is 0 Å². The molecule has 3 heterocycles. The molecule has 5 heteroatoms. The molecule has 2 amide bonds. The van der Waals surface area contributed by atoms with Crippen molar-refractivity contribution in [2.45, 2.75) is 19.4 Å². The van der Waals surface area contributed by atoms with Gasteiger partial charge in [-0.15, -0.1) is 0 Å². The summed E-state index contributed by atoms with van der Waals surface area (Å²) in [6.45, 7) is 5.01. The first-order valence-corrected chi connectivity index (χ1v) is 7.58. The van der Waals surface area contributed by atoms with Gasteiger partial charge in [0.15, 0.2) is 0 Å². The average molecular weight is 285 g/mol. The van der Waals surface area contributed by atoms with Gasteiger partial charge in [0, 0.05) is 36.9 Å². The predicted molar refractivity (Wildman–Crippen MR) is 79.1 cm³/mol. The summed E-state index contributed by atoms with van der Waals surface area (Å²) in [6, 6.07) is 5.82. The van der Waals surface area contributed by atoms with Crippen molar-refractivity contribution in [1.82, 2.24) is 10.2 Å². The maximum Gasteiger partial charge on any atom is 0.254 e. The second-order valence-electron chi connectivity index (χ2n) is 6.38. The minimum absolute atomic E-state index is 0.00439. The van der Waals surface area contributed by atoms with Crippen molar-refractivity contribution in [2.24, 2.45) is 11.8 Å². The van der Waals surface area contributed by atoms with E-state index in [9.17, 15) is 9.59 Å². The van der Waals surface area contributed by atoms with E-state index < -0.39 is 0 Å². The van der Waals surface area contributed by atoms with E-state index in [1.54, 1.807) is 0 Å². The highest BCUT2D eigenvalue weighted by Gasteiger charge is 2.43. The zero-order chi connectivity index (χ0) is 14.6. The van der Waals surface area contributed by atoms with Crippen LogP contribution in [0.4, 0.5) is 5.69 Å². The third-order valence-corrected chi connectivity index (χ3v) is 5.17. The first-order chi connectivity index (χ1) is 10.1. The summed E-state index contributed by atoms with van der Waals surface area (Å²) < 4.78 is 0. The number of hydrogen-bond donors (Lipinski definition) is 2. The molecule has 0 aliphatic carbocycles. The van der Waals surface area contributed by atoms with Gasteiger partial charge < -0.3 is 15.5 Å². The second kappa shape index (κ2) is 4.56. The molecular weight excluding hydrogens is 266 g/mol. The molecule has 3 atom stereocenters. The summed E-state index contributed by atoms with van der Waals surface area (Å²) in [5.74, 6) is 1.26. The van der Waals surface area contributed by atoms with E-state index in [-0.39, 0.29) is 17.9 Å². The molecule has 1 aromatic rings. The zero-order valence-electron chi connectivity index (χ0n) is 12.1. The van der Waals surface area contributed by atoms with Crippen LogP contribution >= 0.6 is 0 Å². The van der Waals surface area contributed by atoms with Crippen LogP contribution in [0.1, 0.15) is 22.8 Å². The number of anilines is 1. The van der Waals surface area contributed by atoms with Gasteiger partial charge in [-0.05, 0) is 42.5 Å². The van der Waals surface area contributed by atoms with E-state index in [0.29, 0.717) is 23.8 Å². The third-order valence-electron chi connectivity index (χ3n) is 5.17. The smallest absolute Gasteiger partial charge is 0.254 e. The Kier molecular flexibility index (Phi) is 2.79. The van der Waals surface area contributed by atoms with Gasteiger partial charge in [0.05, 0.1) is 6.42 Å². The fourth-order valence-electron chi connectivity index (χ4n) is 3.96. The minimum Gasteiger partial charge on any atom is -0.335 e. The number of fused-ring (bicyclic) bond motifs is 2. The number of benzene rings is 1. The number of rotatable bonds is 1. The number of hydrogen-bond acceptors (Lipinski definition) is 3. The molecule has 4 rings (SSSR count). The van der Waals surface area contributed by atoms with Gasteiger partial charge in [-0.2, -0.15) is 0 Å². The van der Waals surface area contributed by atoms with Crippen LogP contribution in [0.15, 0.2) is 18.2 Å². The Morgan fingerprint density at radius 2 is 2.19 bits per heavy atom. The molecule has 2 saturated heterocycles. The molecular formula is C16H19N3O2. The molecule has 0 bridgehead atoms. The molecule has 0 saturated carbocycles. The summed E-state index contributed by atoms with van der Waals surface area (Å²) in [7, 11) is 0. The summed E-state index contributed by atoms with van der Waals surface area (Å²) in [4.78, 5) is 26.2. The predicted octanol–water partition coefficient (Wildman–Crippen LogP) is 0.861. The van der Waals surface area contributed by atoms with E-state index in [2.05, 4.69) is 17.6 Å². The first-order valence-electron chi connectivity index (χ1n) is 7.58. The van der Waals surface area contributed by atoms with Crippen LogP contribution < -0.4 is 10.6 Å². The number of nitrogens with one attached hydrogen (secondary N) is 2. The molecule has 3 aliphatic rings. The van der Waals surface area contributed by atoms with E-state index in [0.717, 1.165) is 30.9 Å². The fraction of sp³-hybridized carbons (Fsp3) is 0.500. The second-order valence-corrected chi connectivity index (χ2v) is 6.38. The Labute approximate surface area is 123 Å². The molecule has 110 valence electrons. The van der Waals surface area contributed by atoms with Crippen LogP contribution in [0.3, 0.4) is 0 Å². The molecule has 0 spiro atoms. The highest BCUT2D eigenvalue weighted by atomic mass is 16.2. The normalized spacial score (nSPS) is 30.2. The molecule has 3 unspecified atom stereocenters. The van der Waals surface area contributed by atoms with Crippen LogP contribution in [-0.2, 0) is 11.2 Å². The first kappa shape index (κ1) is 12.8. The lowest BCUT2D eigenvalue weighted by molar-refractivity contribution is -0.115. The maximum absolute atomic E-state index is 12.8. The largest absolute Gasteiger partial charge is 0.335 e. The Hall–Kier alpha value is -1.88. The molecule has 0 radical (unpaired) electrons. The van der Waals surface area contributed by atoms with Crippen LogP contribution in [0.2, 0.25) is 0 Å². The fourth-order valence-corrected chi connectivity index (χ4v) is 3.96. The maximum atomic E-state index is 12.8. The van der Waals surface area contributed by atoms with Gasteiger partial charge in [0.25, 0.3) is 5.91 Å². The van der Waals surface area contributed by atoms with Crippen molar-refractivity contribution in [1.29, 1.82) is 0 Å². The van der Waals surface area contributed by atoms with Crippen molar-refractivity contribution in [2.75, 3.05) is 25.0 Å². The Balaban J connectivity index is 1.58.